The largest absolute Gasteiger partial charge is 0.489 e. The first-order valence-corrected chi connectivity index (χ1v) is 7.27. The molecule has 1 aromatic carbocycles. The minimum absolute atomic E-state index is 0.345. The van der Waals surface area contributed by atoms with Crippen molar-refractivity contribution in [2.24, 2.45) is 0 Å². The van der Waals surface area contributed by atoms with Gasteiger partial charge in [0.2, 0.25) is 0 Å². The Morgan fingerprint density at radius 1 is 1.26 bits per heavy atom. The van der Waals surface area contributed by atoms with E-state index in [1.54, 1.807) is 36.7 Å². The normalized spacial score (nSPS) is 14.8. The molecule has 6 heteroatoms. The molecule has 0 spiro atoms. The van der Waals surface area contributed by atoms with Gasteiger partial charge in [0.1, 0.15) is 17.9 Å². The molecule has 0 unspecified atom stereocenters. The Kier molecular flexibility index (Phi) is 3.97. The van der Waals surface area contributed by atoms with Gasteiger partial charge in [0.25, 0.3) is 5.91 Å². The van der Waals surface area contributed by atoms with E-state index in [-0.39, 0.29) is 0 Å². The Morgan fingerprint density at radius 3 is 2.74 bits per heavy atom. The molecule has 1 aliphatic carbocycles. The van der Waals surface area contributed by atoms with Gasteiger partial charge in [-0.1, -0.05) is 12.1 Å². The molecule has 0 saturated heterocycles. The van der Waals surface area contributed by atoms with Gasteiger partial charge in [-0.25, -0.2) is 4.79 Å². The van der Waals surface area contributed by atoms with Gasteiger partial charge in [-0.15, -0.1) is 0 Å². The Balaban J connectivity index is 1.65. The molecule has 6 nitrogen and oxygen atoms in total. The number of carbonyl (C=O) groups excluding carboxylic acids is 1. The second kappa shape index (κ2) is 6.08. The number of carboxylic acids is 1. The van der Waals surface area contributed by atoms with Crippen molar-refractivity contribution in [3.63, 3.8) is 0 Å². The second-order valence-electron chi connectivity index (χ2n) is 5.52. The summed E-state index contributed by atoms with van der Waals surface area (Å²) >= 11 is 0. The number of hydrogen-bond donors (Lipinski definition) is 2. The predicted octanol–water partition coefficient (Wildman–Crippen LogP) is 2.01. The molecular weight excluding hydrogens is 296 g/mol. The van der Waals surface area contributed by atoms with Crippen LogP contribution in [-0.2, 0) is 11.4 Å². The highest BCUT2D eigenvalue weighted by atomic mass is 16.5. The highest BCUT2D eigenvalue weighted by Crippen LogP contribution is 2.35. The van der Waals surface area contributed by atoms with Crippen LogP contribution in [0.15, 0.2) is 48.8 Å². The van der Waals surface area contributed by atoms with Crippen LogP contribution in [0.5, 0.6) is 5.75 Å². The van der Waals surface area contributed by atoms with E-state index in [1.165, 1.54) is 0 Å². The predicted molar refractivity (Wildman–Crippen MR) is 82.1 cm³/mol. The van der Waals surface area contributed by atoms with Crippen molar-refractivity contribution in [3.05, 3.63) is 59.9 Å². The zero-order chi connectivity index (χ0) is 16.3. The fourth-order valence-electron chi connectivity index (χ4n) is 2.18. The van der Waals surface area contributed by atoms with Crippen molar-refractivity contribution in [2.75, 3.05) is 0 Å². The average molecular weight is 312 g/mol. The molecule has 0 atom stereocenters. The molecule has 118 valence electrons. The summed E-state index contributed by atoms with van der Waals surface area (Å²) in [6, 6.07) is 10.4. The third-order valence-corrected chi connectivity index (χ3v) is 3.74. The van der Waals surface area contributed by atoms with E-state index in [1.807, 2.05) is 12.1 Å². The highest BCUT2D eigenvalue weighted by Gasteiger charge is 2.51. The first-order chi connectivity index (χ1) is 11.1. The number of aliphatic carboxylic acids is 1. The maximum Gasteiger partial charge on any atom is 0.329 e. The highest BCUT2D eigenvalue weighted by molar-refractivity contribution is 5.99. The Bertz CT molecular complexity index is 726. The van der Waals surface area contributed by atoms with Gasteiger partial charge in [0.05, 0.1) is 0 Å². The van der Waals surface area contributed by atoms with Crippen LogP contribution >= 0.6 is 0 Å². The van der Waals surface area contributed by atoms with E-state index in [2.05, 4.69) is 10.3 Å². The number of hydrogen-bond acceptors (Lipinski definition) is 4. The van der Waals surface area contributed by atoms with E-state index in [4.69, 9.17) is 9.84 Å². The zero-order valence-electron chi connectivity index (χ0n) is 12.4. The van der Waals surface area contributed by atoms with Crippen LogP contribution in [0.25, 0.3) is 0 Å². The van der Waals surface area contributed by atoms with E-state index >= 15 is 0 Å². The molecule has 1 saturated carbocycles. The average Bonchev–Trinajstić information content (AvgIpc) is 3.35. The minimum Gasteiger partial charge on any atom is -0.489 e. The molecule has 1 fully saturated rings. The first kappa shape index (κ1) is 15.0. The molecular formula is C17H16N2O4. The lowest BCUT2D eigenvalue weighted by Gasteiger charge is -2.13. The van der Waals surface area contributed by atoms with Crippen molar-refractivity contribution < 1.29 is 19.4 Å². The van der Waals surface area contributed by atoms with Crippen molar-refractivity contribution in [1.29, 1.82) is 0 Å². The van der Waals surface area contributed by atoms with Crippen molar-refractivity contribution in [2.45, 2.75) is 25.0 Å². The molecule has 3 rings (SSSR count). The summed E-state index contributed by atoms with van der Waals surface area (Å²) in [5.41, 5.74) is 0.204. The number of carbonyl (C=O) groups is 2. The lowest BCUT2D eigenvalue weighted by Crippen LogP contribution is -2.43. The molecule has 0 aliphatic heterocycles. The summed E-state index contributed by atoms with van der Waals surface area (Å²) in [5, 5.41) is 11.7. The van der Waals surface area contributed by atoms with Gasteiger partial charge in [-0.2, -0.15) is 0 Å². The minimum atomic E-state index is -1.09. The maximum absolute atomic E-state index is 12.2. The topological polar surface area (TPSA) is 88.5 Å². The summed E-state index contributed by atoms with van der Waals surface area (Å²) in [6.45, 7) is 0.345. The van der Waals surface area contributed by atoms with E-state index in [0.717, 1.165) is 5.56 Å². The quantitative estimate of drug-likeness (QED) is 0.852. The fraction of sp³-hybridized carbons (Fsp3) is 0.235. The number of pyridine rings is 1. The van der Waals surface area contributed by atoms with Crippen LogP contribution in [0, 0.1) is 0 Å². The van der Waals surface area contributed by atoms with Crippen LogP contribution in [0.2, 0.25) is 0 Å². The van der Waals surface area contributed by atoms with E-state index < -0.39 is 17.4 Å². The third kappa shape index (κ3) is 3.48. The number of amides is 1. The molecule has 23 heavy (non-hydrogen) atoms. The van der Waals surface area contributed by atoms with Crippen molar-refractivity contribution in [1.82, 2.24) is 10.3 Å². The zero-order valence-corrected chi connectivity index (χ0v) is 12.4. The number of aromatic nitrogens is 1. The summed E-state index contributed by atoms with van der Waals surface area (Å²) in [4.78, 5) is 27.3. The molecule has 2 N–H and O–H groups in total. The molecule has 1 amide bonds. The lowest BCUT2D eigenvalue weighted by molar-refractivity contribution is -0.140. The van der Waals surface area contributed by atoms with Gasteiger partial charge in [0.15, 0.2) is 0 Å². The lowest BCUT2D eigenvalue weighted by atomic mass is 10.1. The van der Waals surface area contributed by atoms with Gasteiger partial charge < -0.3 is 15.2 Å². The molecule has 2 aromatic rings. The summed E-state index contributed by atoms with van der Waals surface area (Å²) < 4.78 is 5.64. The van der Waals surface area contributed by atoms with Gasteiger partial charge in [0, 0.05) is 23.5 Å². The number of nitrogens with one attached hydrogen (secondary N) is 1. The van der Waals surface area contributed by atoms with Crippen LogP contribution in [0.1, 0.15) is 28.8 Å². The molecule has 1 aromatic heterocycles. The van der Waals surface area contributed by atoms with Gasteiger partial charge in [-0.3, -0.25) is 9.78 Å². The Morgan fingerprint density at radius 2 is 2.09 bits per heavy atom. The SMILES string of the molecule is O=C(NC1(C(=O)O)CC1)c1cccc(OCc2cccnc2)c1. The van der Waals surface area contributed by atoms with Crippen molar-refractivity contribution >= 4 is 11.9 Å². The van der Waals surface area contributed by atoms with Gasteiger partial charge >= 0.3 is 5.97 Å². The Hall–Kier alpha value is -2.89. The van der Waals surface area contributed by atoms with Crippen molar-refractivity contribution in [3.8, 4) is 5.75 Å². The molecule has 1 aliphatic rings. The molecule has 1 heterocycles. The number of nitrogens with zero attached hydrogens (tertiary/aromatic N) is 1. The smallest absolute Gasteiger partial charge is 0.329 e. The standard InChI is InChI=1S/C17H16N2O4/c20-15(19-17(6-7-17)16(21)22)13-4-1-5-14(9-13)23-11-12-3-2-8-18-10-12/h1-5,8-10H,6-7,11H2,(H,19,20)(H,21,22). The summed E-state index contributed by atoms with van der Waals surface area (Å²) in [5.74, 6) is -0.853. The van der Waals surface area contributed by atoms with Crippen LogP contribution < -0.4 is 10.1 Å². The van der Waals surface area contributed by atoms with E-state index in [9.17, 15) is 9.59 Å². The monoisotopic (exact) mass is 312 g/mol. The first-order valence-electron chi connectivity index (χ1n) is 7.27. The number of ether oxygens (including phenoxy) is 1. The molecule has 0 radical (unpaired) electrons. The number of carboxylic acid groups (broad SMARTS) is 1. The molecule has 0 bridgehead atoms. The van der Waals surface area contributed by atoms with Gasteiger partial charge in [-0.05, 0) is 37.1 Å². The summed E-state index contributed by atoms with van der Waals surface area (Å²) in [6.07, 6.45) is 4.32. The van der Waals surface area contributed by atoms with Crippen LogP contribution in [-0.4, -0.2) is 27.5 Å². The van der Waals surface area contributed by atoms with E-state index in [0.29, 0.717) is 30.8 Å². The second-order valence-corrected chi connectivity index (χ2v) is 5.52. The van der Waals surface area contributed by atoms with Crippen LogP contribution in [0.3, 0.4) is 0 Å². The maximum atomic E-state index is 12.2. The van der Waals surface area contributed by atoms with Crippen LogP contribution in [0.4, 0.5) is 0 Å². The Labute approximate surface area is 133 Å². The third-order valence-electron chi connectivity index (χ3n) is 3.74. The summed E-state index contributed by atoms with van der Waals surface area (Å²) in [7, 11) is 0. The number of rotatable bonds is 6. The number of benzene rings is 1. The fourth-order valence-corrected chi connectivity index (χ4v) is 2.18.